The number of amides is 1. The summed E-state index contributed by atoms with van der Waals surface area (Å²) < 4.78 is 62.3. The first kappa shape index (κ1) is 23.8. The Labute approximate surface area is 194 Å². The van der Waals surface area contributed by atoms with Crippen LogP contribution in [0.2, 0.25) is 0 Å². The molecule has 10 heteroatoms. The smallest absolute Gasteiger partial charge is 0.255 e. The van der Waals surface area contributed by atoms with E-state index < -0.39 is 29.0 Å². The van der Waals surface area contributed by atoms with Crippen LogP contribution in [0.15, 0.2) is 18.2 Å². The molecule has 1 fully saturated rings. The predicted molar refractivity (Wildman–Crippen MR) is 120 cm³/mol. The van der Waals surface area contributed by atoms with Gasteiger partial charge in [-0.3, -0.25) is 4.79 Å². The van der Waals surface area contributed by atoms with Crippen LogP contribution in [0.4, 0.5) is 29.2 Å². The van der Waals surface area contributed by atoms with Gasteiger partial charge in [-0.25, -0.2) is 22.5 Å². The number of anilines is 2. The molecule has 0 atom stereocenters. The molecule has 0 spiro atoms. The highest BCUT2D eigenvalue weighted by Gasteiger charge is 2.29. The van der Waals surface area contributed by atoms with Gasteiger partial charge in [0, 0.05) is 25.2 Å². The van der Waals surface area contributed by atoms with E-state index in [4.69, 9.17) is 4.74 Å². The molecular weight excluding hydrogens is 452 g/mol. The van der Waals surface area contributed by atoms with Crippen molar-refractivity contribution in [2.45, 2.75) is 45.6 Å². The number of imidazole rings is 1. The zero-order chi connectivity index (χ0) is 24.8. The van der Waals surface area contributed by atoms with Gasteiger partial charge in [0.2, 0.25) is 5.95 Å². The number of hydrogen-bond acceptors (Lipinski definition) is 4. The summed E-state index contributed by atoms with van der Waals surface area (Å²) >= 11 is 0. The maximum atomic E-state index is 14.1. The second-order valence-electron chi connectivity index (χ2n) is 9.42. The van der Waals surface area contributed by atoms with Crippen molar-refractivity contribution in [1.82, 2.24) is 14.9 Å². The van der Waals surface area contributed by atoms with Crippen molar-refractivity contribution < 1.29 is 27.1 Å². The molecule has 0 saturated heterocycles. The molecule has 34 heavy (non-hydrogen) atoms. The highest BCUT2D eigenvalue weighted by molar-refractivity contribution is 6.01. The molecule has 0 aliphatic heterocycles. The number of carbonyl (C=O) groups excluding carboxylic acids is 1. The molecule has 1 heterocycles. The maximum Gasteiger partial charge on any atom is 0.255 e. The summed E-state index contributed by atoms with van der Waals surface area (Å²) in [5.74, 6) is -6.30. The Morgan fingerprint density at radius 3 is 2.29 bits per heavy atom. The van der Waals surface area contributed by atoms with E-state index >= 15 is 0 Å². The van der Waals surface area contributed by atoms with Gasteiger partial charge < -0.3 is 19.9 Å². The van der Waals surface area contributed by atoms with Gasteiger partial charge in [-0.1, -0.05) is 13.8 Å². The molecular formula is C24H26F4N4O2. The third kappa shape index (κ3) is 4.41. The fraction of sp³-hybridized carbons (Fsp3) is 0.417. The molecule has 4 rings (SSSR count). The largest absolute Gasteiger partial charge is 0.496 e. The SMILES string of the molecule is COc1cc2c(cc1C(=O)NC1CCC(C)(C)CC1)nc(Nc1c(F)c(F)cc(F)c1F)n2C. The summed E-state index contributed by atoms with van der Waals surface area (Å²) in [5.41, 5.74) is 0.338. The van der Waals surface area contributed by atoms with Crippen molar-refractivity contribution in [2.75, 3.05) is 12.4 Å². The van der Waals surface area contributed by atoms with Gasteiger partial charge in [-0.2, -0.15) is 0 Å². The van der Waals surface area contributed by atoms with Crippen LogP contribution in [0.5, 0.6) is 5.75 Å². The third-order valence-corrected chi connectivity index (χ3v) is 6.47. The van der Waals surface area contributed by atoms with E-state index in [0.29, 0.717) is 16.8 Å². The van der Waals surface area contributed by atoms with Crippen LogP contribution >= 0.6 is 0 Å². The number of methoxy groups -OCH3 is 1. The van der Waals surface area contributed by atoms with Crippen molar-refractivity contribution in [1.29, 1.82) is 0 Å². The lowest BCUT2D eigenvalue weighted by atomic mass is 9.75. The van der Waals surface area contributed by atoms with Crippen molar-refractivity contribution in [3.05, 3.63) is 47.0 Å². The molecule has 3 aromatic rings. The van der Waals surface area contributed by atoms with Gasteiger partial charge in [0.15, 0.2) is 23.3 Å². The Hall–Kier alpha value is -3.30. The first-order valence-electron chi connectivity index (χ1n) is 11.0. The van der Waals surface area contributed by atoms with Gasteiger partial charge in [-0.15, -0.1) is 0 Å². The van der Waals surface area contributed by atoms with Gasteiger partial charge in [0.1, 0.15) is 11.4 Å². The Morgan fingerprint density at radius 1 is 1.09 bits per heavy atom. The van der Waals surface area contributed by atoms with Crippen LogP contribution in [0, 0.1) is 28.7 Å². The summed E-state index contributed by atoms with van der Waals surface area (Å²) in [6, 6.07) is 3.27. The quantitative estimate of drug-likeness (QED) is 0.371. The minimum atomic E-state index is -1.57. The van der Waals surface area contributed by atoms with Crippen LogP contribution in [-0.2, 0) is 7.05 Å². The molecule has 6 nitrogen and oxygen atoms in total. The number of nitrogens with zero attached hydrogens (tertiary/aromatic N) is 2. The lowest BCUT2D eigenvalue weighted by Crippen LogP contribution is -2.39. The van der Waals surface area contributed by atoms with Crippen molar-refractivity contribution in [3.8, 4) is 5.75 Å². The summed E-state index contributed by atoms with van der Waals surface area (Å²) in [6.07, 6.45) is 3.78. The number of aromatic nitrogens is 2. The molecule has 0 unspecified atom stereocenters. The van der Waals surface area contributed by atoms with E-state index in [9.17, 15) is 22.4 Å². The van der Waals surface area contributed by atoms with Crippen LogP contribution in [0.25, 0.3) is 11.0 Å². The number of benzene rings is 2. The number of ether oxygens (including phenoxy) is 1. The van der Waals surface area contributed by atoms with Gasteiger partial charge in [0.25, 0.3) is 5.91 Å². The number of halogens is 4. The topological polar surface area (TPSA) is 68.2 Å². The molecule has 1 saturated carbocycles. The number of fused-ring (bicyclic) bond motifs is 1. The normalized spacial score (nSPS) is 16.0. The van der Waals surface area contributed by atoms with Gasteiger partial charge in [0.05, 0.1) is 23.7 Å². The van der Waals surface area contributed by atoms with Crippen molar-refractivity contribution in [3.63, 3.8) is 0 Å². The lowest BCUT2D eigenvalue weighted by Gasteiger charge is -2.34. The Balaban J connectivity index is 1.65. The standard InChI is InChI=1S/C24H26F4N4O2/c1-24(2)7-5-12(6-8-24)29-22(33)13-9-16-17(11-18(13)34-4)32(3)23(30-16)31-21-19(27)14(25)10-15(26)20(21)28/h9-12H,5-8H2,1-4H3,(H,29,33)(H,30,31). The van der Waals surface area contributed by atoms with Crippen LogP contribution in [0.3, 0.4) is 0 Å². The van der Waals surface area contributed by atoms with E-state index in [2.05, 4.69) is 29.5 Å². The predicted octanol–water partition coefficient (Wildman–Crippen LogP) is 5.58. The summed E-state index contributed by atoms with van der Waals surface area (Å²) in [4.78, 5) is 17.3. The zero-order valence-corrected chi connectivity index (χ0v) is 19.4. The molecule has 0 radical (unpaired) electrons. The molecule has 1 amide bonds. The van der Waals surface area contributed by atoms with E-state index in [1.807, 2.05) is 0 Å². The Kier molecular flexibility index (Phi) is 6.18. The fourth-order valence-corrected chi connectivity index (χ4v) is 4.28. The lowest BCUT2D eigenvalue weighted by molar-refractivity contribution is 0.0906. The van der Waals surface area contributed by atoms with Crippen LogP contribution in [-0.4, -0.2) is 28.6 Å². The average molecular weight is 478 g/mol. The molecule has 2 aromatic carbocycles. The van der Waals surface area contributed by atoms with E-state index in [1.165, 1.54) is 17.7 Å². The maximum absolute atomic E-state index is 14.1. The van der Waals surface area contributed by atoms with Crippen molar-refractivity contribution in [2.24, 2.45) is 12.5 Å². The minimum Gasteiger partial charge on any atom is -0.496 e. The average Bonchev–Trinajstić information content (AvgIpc) is 3.10. The number of hydrogen-bond donors (Lipinski definition) is 2. The van der Waals surface area contributed by atoms with Gasteiger partial charge >= 0.3 is 0 Å². The molecule has 1 aliphatic rings. The minimum absolute atomic E-state index is 0.0516. The number of rotatable bonds is 5. The first-order valence-corrected chi connectivity index (χ1v) is 11.0. The van der Waals surface area contributed by atoms with Crippen molar-refractivity contribution >= 4 is 28.6 Å². The summed E-state index contributed by atoms with van der Waals surface area (Å²) in [5, 5.41) is 5.37. The van der Waals surface area contributed by atoms with Gasteiger partial charge in [-0.05, 0) is 37.2 Å². The fourth-order valence-electron chi connectivity index (χ4n) is 4.28. The molecule has 1 aromatic heterocycles. The molecule has 2 N–H and O–H groups in total. The van der Waals surface area contributed by atoms with E-state index in [-0.39, 0.29) is 34.9 Å². The highest BCUT2D eigenvalue weighted by Crippen LogP contribution is 2.36. The second-order valence-corrected chi connectivity index (χ2v) is 9.42. The third-order valence-electron chi connectivity index (χ3n) is 6.47. The first-order chi connectivity index (χ1) is 16.0. The monoisotopic (exact) mass is 478 g/mol. The molecule has 182 valence electrons. The molecule has 0 bridgehead atoms. The number of aryl methyl sites for hydroxylation is 1. The second kappa shape index (κ2) is 8.81. The number of carbonyl (C=O) groups is 1. The molecule has 1 aliphatic carbocycles. The summed E-state index contributed by atoms with van der Waals surface area (Å²) in [7, 11) is 2.98. The Morgan fingerprint density at radius 2 is 1.71 bits per heavy atom. The zero-order valence-electron chi connectivity index (χ0n) is 19.4. The highest BCUT2D eigenvalue weighted by atomic mass is 19.2. The Bertz CT molecular complexity index is 1240. The van der Waals surface area contributed by atoms with E-state index in [1.54, 1.807) is 13.1 Å². The van der Waals surface area contributed by atoms with Crippen LogP contribution < -0.4 is 15.4 Å². The van der Waals surface area contributed by atoms with E-state index in [0.717, 1.165) is 25.7 Å². The summed E-state index contributed by atoms with van der Waals surface area (Å²) in [6.45, 7) is 4.43. The number of nitrogens with one attached hydrogen (secondary N) is 2. The van der Waals surface area contributed by atoms with Crippen LogP contribution in [0.1, 0.15) is 49.9 Å².